The number of piperidine rings is 1. The number of nitrogens with zero attached hydrogens (tertiary/aromatic N) is 2. The van der Waals surface area contributed by atoms with E-state index in [1.165, 1.54) is 4.90 Å². The van der Waals surface area contributed by atoms with Gasteiger partial charge in [0.05, 0.1) is 13.2 Å². The standard InChI is InChI=1S/C17H20F2N2O3/c18-13-9-12(10-14(19)11-13)16(22)21-4-2-1-3-15(21)17(23)20-5-7-24-8-6-20/h9-11,15H,1-8H2/t15-/m1/s1. The molecule has 1 aromatic carbocycles. The first-order valence-corrected chi connectivity index (χ1v) is 8.20. The Hall–Kier alpha value is -2.02. The van der Waals surface area contributed by atoms with Crippen LogP contribution in [0.25, 0.3) is 0 Å². The maximum Gasteiger partial charge on any atom is 0.254 e. The quantitative estimate of drug-likeness (QED) is 0.826. The fourth-order valence-electron chi connectivity index (χ4n) is 3.27. The average molecular weight is 338 g/mol. The van der Waals surface area contributed by atoms with Crippen molar-refractivity contribution in [2.45, 2.75) is 25.3 Å². The highest BCUT2D eigenvalue weighted by Crippen LogP contribution is 2.22. The third-order valence-corrected chi connectivity index (χ3v) is 4.48. The first-order valence-electron chi connectivity index (χ1n) is 8.20. The van der Waals surface area contributed by atoms with E-state index < -0.39 is 23.6 Å². The Morgan fingerprint density at radius 2 is 1.67 bits per heavy atom. The zero-order valence-corrected chi connectivity index (χ0v) is 13.3. The van der Waals surface area contributed by atoms with Crippen molar-refractivity contribution in [1.82, 2.24) is 9.80 Å². The van der Waals surface area contributed by atoms with Gasteiger partial charge < -0.3 is 14.5 Å². The highest BCUT2D eigenvalue weighted by atomic mass is 19.1. The molecule has 0 unspecified atom stereocenters. The molecule has 0 saturated carbocycles. The van der Waals surface area contributed by atoms with Gasteiger partial charge in [0.1, 0.15) is 17.7 Å². The van der Waals surface area contributed by atoms with E-state index in [4.69, 9.17) is 4.74 Å². The van der Waals surface area contributed by atoms with Crippen LogP contribution >= 0.6 is 0 Å². The molecule has 2 amide bonds. The minimum atomic E-state index is -0.800. The highest BCUT2D eigenvalue weighted by molar-refractivity contribution is 5.97. The molecule has 2 heterocycles. The molecule has 1 aromatic rings. The zero-order chi connectivity index (χ0) is 17.1. The number of carbonyl (C=O) groups excluding carboxylic acids is 2. The number of hydrogen-bond donors (Lipinski definition) is 0. The molecular formula is C17H20F2N2O3. The van der Waals surface area contributed by atoms with E-state index in [1.54, 1.807) is 4.90 Å². The summed E-state index contributed by atoms with van der Waals surface area (Å²) in [4.78, 5) is 28.6. The van der Waals surface area contributed by atoms with Crippen molar-refractivity contribution in [3.63, 3.8) is 0 Å². The molecule has 2 fully saturated rings. The molecule has 2 aliphatic heterocycles. The molecule has 0 bridgehead atoms. The van der Waals surface area contributed by atoms with Gasteiger partial charge in [-0.1, -0.05) is 0 Å². The van der Waals surface area contributed by atoms with E-state index in [-0.39, 0.29) is 11.5 Å². The fourth-order valence-corrected chi connectivity index (χ4v) is 3.27. The lowest BCUT2D eigenvalue weighted by Crippen LogP contribution is -2.55. The Morgan fingerprint density at radius 3 is 2.33 bits per heavy atom. The van der Waals surface area contributed by atoms with Crippen LogP contribution in [-0.4, -0.2) is 60.5 Å². The minimum Gasteiger partial charge on any atom is -0.378 e. The number of likely N-dealkylation sites (tertiary alicyclic amines) is 1. The smallest absolute Gasteiger partial charge is 0.254 e. The van der Waals surface area contributed by atoms with E-state index in [2.05, 4.69) is 0 Å². The summed E-state index contributed by atoms with van der Waals surface area (Å²) < 4.78 is 32.1. The van der Waals surface area contributed by atoms with Gasteiger partial charge in [-0.05, 0) is 31.4 Å². The monoisotopic (exact) mass is 338 g/mol. The summed E-state index contributed by atoms with van der Waals surface area (Å²) in [5.74, 6) is -2.21. The van der Waals surface area contributed by atoms with E-state index in [0.29, 0.717) is 39.3 Å². The molecule has 0 radical (unpaired) electrons. The average Bonchev–Trinajstić information content (AvgIpc) is 2.60. The van der Waals surface area contributed by atoms with Crippen molar-refractivity contribution < 1.29 is 23.1 Å². The summed E-state index contributed by atoms with van der Waals surface area (Å²) in [5, 5.41) is 0. The third kappa shape index (κ3) is 3.56. The van der Waals surface area contributed by atoms with Gasteiger partial charge in [0.2, 0.25) is 5.91 Å². The van der Waals surface area contributed by atoms with Gasteiger partial charge in [0.25, 0.3) is 5.91 Å². The Labute approximate surface area is 139 Å². The predicted molar refractivity (Wildman–Crippen MR) is 82.4 cm³/mol. The normalized spacial score (nSPS) is 21.7. The maximum atomic E-state index is 13.4. The highest BCUT2D eigenvalue weighted by Gasteiger charge is 2.35. The molecular weight excluding hydrogens is 318 g/mol. The predicted octanol–water partition coefficient (Wildman–Crippen LogP) is 1.82. The van der Waals surface area contributed by atoms with Crippen molar-refractivity contribution in [3.8, 4) is 0 Å². The van der Waals surface area contributed by atoms with Crippen molar-refractivity contribution in [3.05, 3.63) is 35.4 Å². The number of carbonyl (C=O) groups is 2. The Kier molecular flexibility index (Phi) is 5.08. The van der Waals surface area contributed by atoms with Crippen LogP contribution in [0, 0.1) is 11.6 Å². The summed E-state index contributed by atoms with van der Waals surface area (Å²) in [6.45, 7) is 2.40. The van der Waals surface area contributed by atoms with Crippen molar-refractivity contribution in [2.24, 2.45) is 0 Å². The van der Waals surface area contributed by atoms with Crippen molar-refractivity contribution >= 4 is 11.8 Å². The molecule has 0 N–H and O–H groups in total. The molecule has 2 aliphatic rings. The second-order valence-electron chi connectivity index (χ2n) is 6.11. The van der Waals surface area contributed by atoms with Crippen LogP contribution in [0.5, 0.6) is 0 Å². The topological polar surface area (TPSA) is 49.9 Å². The van der Waals surface area contributed by atoms with Gasteiger partial charge in [0.15, 0.2) is 0 Å². The van der Waals surface area contributed by atoms with Crippen LogP contribution in [0.3, 0.4) is 0 Å². The molecule has 3 rings (SSSR count). The summed E-state index contributed by atoms with van der Waals surface area (Å²) in [5.41, 5.74) is -0.0609. The number of morpholine rings is 1. The molecule has 1 atom stereocenters. The van der Waals surface area contributed by atoms with E-state index in [1.807, 2.05) is 0 Å². The van der Waals surface area contributed by atoms with Crippen molar-refractivity contribution in [1.29, 1.82) is 0 Å². The summed E-state index contributed by atoms with van der Waals surface area (Å²) in [6.07, 6.45) is 2.19. The largest absolute Gasteiger partial charge is 0.378 e. The van der Waals surface area contributed by atoms with E-state index in [0.717, 1.165) is 31.0 Å². The number of benzene rings is 1. The number of hydrogen-bond acceptors (Lipinski definition) is 3. The number of amides is 2. The number of halogens is 2. The molecule has 2 saturated heterocycles. The first kappa shape index (κ1) is 16.8. The van der Waals surface area contributed by atoms with Gasteiger partial charge >= 0.3 is 0 Å². The lowest BCUT2D eigenvalue weighted by molar-refractivity contribution is -0.141. The van der Waals surface area contributed by atoms with E-state index >= 15 is 0 Å². The second kappa shape index (κ2) is 7.25. The summed E-state index contributed by atoms with van der Waals surface area (Å²) in [6, 6.07) is 2.17. The second-order valence-corrected chi connectivity index (χ2v) is 6.11. The van der Waals surface area contributed by atoms with E-state index in [9.17, 15) is 18.4 Å². The van der Waals surface area contributed by atoms with Crippen LogP contribution in [0.2, 0.25) is 0 Å². The molecule has 7 heteroatoms. The van der Waals surface area contributed by atoms with Crippen LogP contribution < -0.4 is 0 Å². The minimum absolute atomic E-state index is 0.0609. The SMILES string of the molecule is O=C([C@H]1CCCCN1C(=O)c1cc(F)cc(F)c1)N1CCOCC1. The lowest BCUT2D eigenvalue weighted by Gasteiger charge is -2.38. The van der Waals surface area contributed by atoms with Gasteiger partial charge in [-0.15, -0.1) is 0 Å². The Morgan fingerprint density at radius 1 is 1.00 bits per heavy atom. The fraction of sp³-hybridized carbons (Fsp3) is 0.529. The van der Waals surface area contributed by atoms with Gasteiger partial charge in [0, 0.05) is 31.3 Å². The van der Waals surface area contributed by atoms with Crippen LogP contribution in [-0.2, 0) is 9.53 Å². The molecule has 130 valence electrons. The molecule has 0 aromatic heterocycles. The molecule has 5 nitrogen and oxygen atoms in total. The Balaban J connectivity index is 1.80. The van der Waals surface area contributed by atoms with Crippen LogP contribution in [0.4, 0.5) is 8.78 Å². The van der Waals surface area contributed by atoms with Crippen LogP contribution in [0.15, 0.2) is 18.2 Å². The number of ether oxygens (including phenoxy) is 1. The number of rotatable bonds is 2. The molecule has 0 aliphatic carbocycles. The maximum absolute atomic E-state index is 13.4. The van der Waals surface area contributed by atoms with Gasteiger partial charge in [-0.2, -0.15) is 0 Å². The van der Waals surface area contributed by atoms with Gasteiger partial charge in [-0.25, -0.2) is 8.78 Å². The van der Waals surface area contributed by atoms with Gasteiger partial charge in [-0.3, -0.25) is 9.59 Å². The zero-order valence-electron chi connectivity index (χ0n) is 13.3. The van der Waals surface area contributed by atoms with Crippen molar-refractivity contribution in [2.75, 3.05) is 32.8 Å². The summed E-state index contributed by atoms with van der Waals surface area (Å²) >= 11 is 0. The summed E-state index contributed by atoms with van der Waals surface area (Å²) in [7, 11) is 0. The van der Waals surface area contributed by atoms with Crippen LogP contribution in [0.1, 0.15) is 29.6 Å². The third-order valence-electron chi connectivity index (χ3n) is 4.48. The Bertz CT molecular complexity index is 612. The lowest BCUT2D eigenvalue weighted by atomic mass is 9.99. The molecule has 0 spiro atoms. The molecule has 24 heavy (non-hydrogen) atoms. The first-order chi connectivity index (χ1) is 11.6.